The van der Waals surface area contributed by atoms with E-state index in [2.05, 4.69) is 27.3 Å². The van der Waals surface area contributed by atoms with Gasteiger partial charge in [0.1, 0.15) is 5.75 Å². The number of halogens is 2. The lowest BCUT2D eigenvalue weighted by Gasteiger charge is -2.09. The Balaban J connectivity index is 1.92. The van der Waals surface area contributed by atoms with Crippen LogP contribution in [0.2, 0.25) is 0 Å². The van der Waals surface area contributed by atoms with E-state index < -0.39 is 12.5 Å². The second-order valence-corrected chi connectivity index (χ2v) is 5.06. The van der Waals surface area contributed by atoms with E-state index in [1.807, 2.05) is 0 Å². The fourth-order valence-electron chi connectivity index (χ4n) is 1.97. The van der Waals surface area contributed by atoms with Crippen molar-refractivity contribution in [2.45, 2.75) is 6.61 Å². The van der Waals surface area contributed by atoms with Gasteiger partial charge in [-0.1, -0.05) is 6.08 Å². The minimum atomic E-state index is -2.92. The number of amides is 3. The molecule has 0 heterocycles. The van der Waals surface area contributed by atoms with Crippen molar-refractivity contribution in [3.05, 3.63) is 66.7 Å². The van der Waals surface area contributed by atoms with Crippen molar-refractivity contribution < 1.29 is 23.1 Å². The molecule has 0 atom stereocenters. The van der Waals surface area contributed by atoms with Gasteiger partial charge in [0.05, 0.1) is 0 Å². The first-order chi connectivity index (χ1) is 12.5. The van der Waals surface area contributed by atoms with Crippen LogP contribution >= 0.6 is 0 Å². The number of ether oxygens (including phenoxy) is 1. The van der Waals surface area contributed by atoms with Gasteiger partial charge in [0, 0.05) is 23.5 Å². The number of hydrogen-bond acceptors (Lipinski definition) is 3. The summed E-state index contributed by atoms with van der Waals surface area (Å²) < 4.78 is 28.4. The third kappa shape index (κ3) is 5.90. The Bertz CT molecular complexity index is 762. The normalized spacial score (nSPS) is 10.1. The zero-order valence-corrected chi connectivity index (χ0v) is 13.7. The number of benzene rings is 2. The third-order valence-corrected chi connectivity index (χ3v) is 3.15. The smallest absolute Gasteiger partial charge is 0.387 e. The van der Waals surface area contributed by atoms with Crippen LogP contribution in [-0.4, -0.2) is 25.1 Å². The Kier molecular flexibility index (Phi) is 6.67. The molecule has 3 N–H and O–H groups in total. The minimum Gasteiger partial charge on any atom is -0.435 e. The van der Waals surface area contributed by atoms with E-state index in [1.165, 1.54) is 24.3 Å². The molecule has 136 valence electrons. The summed E-state index contributed by atoms with van der Waals surface area (Å²) in [7, 11) is 0. The van der Waals surface area contributed by atoms with Crippen molar-refractivity contribution in [1.29, 1.82) is 0 Å². The molecule has 0 aliphatic heterocycles. The van der Waals surface area contributed by atoms with E-state index in [0.29, 0.717) is 17.9 Å². The molecule has 3 amide bonds. The van der Waals surface area contributed by atoms with Gasteiger partial charge in [-0.15, -0.1) is 6.58 Å². The monoisotopic (exact) mass is 361 g/mol. The van der Waals surface area contributed by atoms with E-state index >= 15 is 0 Å². The molecule has 0 saturated heterocycles. The van der Waals surface area contributed by atoms with Gasteiger partial charge in [0.2, 0.25) is 0 Å². The van der Waals surface area contributed by atoms with Gasteiger partial charge in [-0.25, -0.2) is 4.79 Å². The average Bonchev–Trinajstić information content (AvgIpc) is 2.61. The molecule has 2 aromatic carbocycles. The van der Waals surface area contributed by atoms with Crippen LogP contribution in [0.25, 0.3) is 0 Å². The molecule has 0 aliphatic carbocycles. The predicted molar refractivity (Wildman–Crippen MR) is 94.7 cm³/mol. The maximum atomic E-state index is 12.1. The van der Waals surface area contributed by atoms with Gasteiger partial charge in [0.25, 0.3) is 5.91 Å². The number of hydrogen-bond donors (Lipinski definition) is 3. The van der Waals surface area contributed by atoms with Crippen molar-refractivity contribution in [3.63, 3.8) is 0 Å². The Morgan fingerprint density at radius 3 is 2.12 bits per heavy atom. The molecule has 0 unspecified atom stereocenters. The van der Waals surface area contributed by atoms with Crippen LogP contribution in [0.5, 0.6) is 5.75 Å². The minimum absolute atomic E-state index is 0.0262. The lowest BCUT2D eigenvalue weighted by molar-refractivity contribution is -0.0498. The molecule has 0 bridgehead atoms. The molecule has 0 spiro atoms. The van der Waals surface area contributed by atoms with Crippen LogP contribution in [0.4, 0.5) is 25.0 Å². The van der Waals surface area contributed by atoms with Gasteiger partial charge in [-0.05, 0) is 48.5 Å². The number of carbonyl (C=O) groups excluding carboxylic acids is 2. The Labute approximate surface area is 148 Å². The zero-order chi connectivity index (χ0) is 18.9. The summed E-state index contributed by atoms with van der Waals surface area (Å²) in [4.78, 5) is 23.7. The first-order valence-electron chi connectivity index (χ1n) is 7.60. The molecule has 8 heteroatoms. The first-order valence-corrected chi connectivity index (χ1v) is 7.60. The Morgan fingerprint density at radius 1 is 1.00 bits per heavy atom. The lowest BCUT2D eigenvalue weighted by atomic mass is 10.2. The largest absolute Gasteiger partial charge is 0.435 e. The highest BCUT2D eigenvalue weighted by molar-refractivity contribution is 6.04. The van der Waals surface area contributed by atoms with Crippen LogP contribution < -0.4 is 20.7 Å². The van der Waals surface area contributed by atoms with Crippen LogP contribution in [0.3, 0.4) is 0 Å². The van der Waals surface area contributed by atoms with Gasteiger partial charge in [-0.3, -0.25) is 4.79 Å². The molecule has 0 aromatic heterocycles. The van der Waals surface area contributed by atoms with Crippen molar-refractivity contribution >= 4 is 23.3 Å². The number of carbonyl (C=O) groups is 2. The highest BCUT2D eigenvalue weighted by Gasteiger charge is 2.09. The quantitative estimate of drug-likeness (QED) is 0.656. The van der Waals surface area contributed by atoms with Crippen molar-refractivity contribution in [1.82, 2.24) is 5.32 Å². The lowest BCUT2D eigenvalue weighted by Crippen LogP contribution is -2.28. The van der Waals surface area contributed by atoms with Crippen molar-refractivity contribution in [3.8, 4) is 5.75 Å². The molecule has 0 aliphatic rings. The molecular formula is C18H17F2N3O3. The highest BCUT2D eigenvalue weighted by Crippen LogP contribution is 2.17. The fourth-order valence-corrected chi connectivity index (χ4v) is 1.97. The summed E-state index contributed by atoms with van der Waals surface area (Å²) in [5, 5.41) is 7.86. The molecule has 2 aromatic rings. The molecule has 6 nitrogen and oxygen atoms in total. The number of rotatable bonds is 7. The van der Waals surface area contributed by atoms with E-state index in [0.717, 1.165) is 0 Å². The van der Waals surface area contributed by atoms with Crippen LogP contribution in [0.1, 0.15) is 10.4 Å². The standard InChI is InChI=1S/C18H17F2N3O3/c1-2-11-21-18(25)23-14-7-5-13(6-8-14)22-16(24)12-3-9-15(10-4-12)26-17(19)20/h2-10,17H,1,11H2,(H,22,24)(H2,21,23,25). The molecule has 2 rings (SSSR count). The van der Waals surface area contributed by atoms with E-state index in [1.54, 1.807) is 30.3 Å². The molecular weight excluding hydrogens is 344 g/mol. The second kappa shape index (κ2) is 9.16. The molecule has 0 fully saturated rings. The number of nitrogens with one attached hydrogen (secondary N) is 3. The highest BCUT2D eigenvalue weighted by atomic mass is 19.3. The van der Waals surface area contributed by atoms with Gasteiger partial charge in [0.15, 0.2) is 0 Å². The summed E-state index contributed by atoms with van der Waals surface area (Å²) in [5.41, 5.74) is 1.36. The second-order valence-electron chi connectivity index (χ2n) is 5.06. The SMILES string of the molecule is C=CCNC(=O)Nc1ccc(NC(=O)c2ccc(OC(F)F)cc2)cc1. The van der Waals surface area contributed by atoms with Crippen LogP contribution in [0, 0.1) is 0 Å². The number of anilines is 2. The Hall–Kier alpha value is -3.42. The summed E-state index contributed by atoms with van der Waals surface area (Å²) in [6.07, 6.45) is 1.56. The van der Waals surface area contributed by atoms with E-state index in [9.17, 15) is 18.4 Å². The van der Waals surface area contributed by atoms with E-state index in [-0.39, 0.29) is 17.3 Å². The maximum Gasteiger partial charge on any atom is 0.387 e. The first kappa shape index (κ1) is 18.9. The topological polar surface area (TPSA) is 79.5 Å². The van der Waals surface area contributed by atoms with E-state index in [4.69, 9.17) is 0 Å². The third-order valence-electron chi connectivity index (χ3n) is 3.15. The van der Waals surface area contributed by atoms with Gasteiger partial charge in [-0.2, -0.15) is 8.78 Å². The summed E-state index contributed by atoms with van der Waals surface area (Å²) in [6, 6.07) is 11.5. The van der Waals surface area contributed by atoms with Gasteiger partial charge < -0.3 is 20.7 Å². The maximum absolute atomic E-state index is 12.1. The fraction of sp³-hybridized carbons (Fsp3) is 0.111. The Morgan fingerprint density at radius 2 is 1.58 bits per heavy atom. The number of alkyl halides is 2. The van der Waals surface area contributed by atoms with Crippen molar-refractivity contribution in [2.24, 2.45) is 0 Å². The van der Waals surface area contributed by atoms with Crippen LogP contribution in [-0.2, 0) is 0 Å². The van der Waals surface area contributed by atoms with Gasteiger partial charge >= 0.3 is 12.6 Å². The zero-order valence-electron chi connectivity index (χ0n) is 13.7. The predicted octanol–water partition coefficient (Wildman–Crippen LogP) is 3.85. The molecule has 26 heavy (non-hydrogen) atoms. The molecule has 0 radical (unpaired) electrons. The molecule has 0 saturated carbocycles. The summed E-state index contributed by atoms with van der Waals surface area (Å²) in [6.45, 7) is 0.930. The van der Waals surface area contributed by atoms with Crippen LogP contribution in [0.15, 0.2) is 61.2 Å². The summed E-state index contributed by atoms with van der Waals surface area (Å²) >= 11 is 0. The average molecular weight is 361 g/mol. The van der Waals surface area contributed by atoms with Crippen molar-refractivity contribution in [2.75, 3.05) is 17.2 Å². The number of urea groups is 1. The summed E-state index contributed by atoms with van der Waals surface area (Å²) in [5.74, 6) is -0.431.